The maximum absolute atomic E-state index is 11.9. The molecule has 82 valence electrons. The van der Waals surface area contributed by atoms with Gasteiger partial charge in [-0.15, -0.1) is 22.9 Å². The monoisotopic (exact) mass is 243 g/mol. The number of carbonyl (C=O) groups is 1. The summed E-state index contributed by atoms with van der Waals surface area (Å²) < 4.78 is 0. The number of thiophene rings is 1. The fourth-order valence-electron chi connectivity index (χ4n) is 1.85. The fourth-order valence-corrected chi connectivity index (χ4v) is 3.35. The highest BCUT2D eigenvalue weighted by molar-refractivity contribution is 7.14. The lowest BCUT2D eigenvalue weighted by molar-refractivity contribution is 0.0808. The molecule has 4 heteroatoms. The van der Waals surface area contributed by atoms with E-state index in [0.717, 1.165) is 17.7 Å². The van der Waals surface area contributed by atoms with E-state index in [-0.39, 0.29) is 5.91 Å². The Morgan fingerprint density at radius 1 is 1.60 bits per heavy atom. The minimum atomic E-state index is 0.107. The van der Waals surface area contributed by atoms with Gasteiger partial charge in [0.1, 0.15) is 0 Å². The smallest absolute Gasteiger partial charge is 0.263 e. The van der Waals surface area contributed by atoms with E-state index in [1.54, 1.807) is 23.3 Å². The van der Waals surface area contributed by atoms with Crippen LogP contribution in [0.15, 0.2) is 6.07 Å². The van der Waals surface area contributed by atoms with E-state index in [0.29, 0.717) is 12.4 Å². The van der Waals surface area contributed by atoms with Crippen molar-refractivity contribution in [2.45, 2.75) is 19.3 Å². The summed E-state index contributed by atoms with van der Waals surface area (Å²) in [6.45, 7) is 0.614. The summed E-state index contributed by atoms with van der Waals surface area (Å²) in [6, 6.07) is 2.06. The summed E-state index contributed by atoms with van der Waals surface area (Å²) in [5.74, 6) is 0.600. The van der Waals surface area contributed by atoms with Crippen molar-refractivity contribution in [3.05, 3.63) is 21.4 Å². The van der Waals surface area contributed by atoms with Crippen LogP contribution in [0.1, 0.15) is 26.5 Å². The number of amides is 1. The maximum Gasteiger partial charge on any atom is 0.263 e. The van der Waals surface area contributed by atoms with E-state index >= 15 is 0 Å². The highest BCUT2D eigenvalue weighted by Gasteiger charge is 2.20. The van der Waals surface area contributed by atoms with Gasteiger partial charge < -0.3 is 4.90 Å². The quantitative estimate of drug-likeness (QED) is 0.748. The second kappa shape index (κ2) is 4.54. The first-order chi connectivity index (χ1) is 7.22. The Morgan fingerprint density at radius 3 is 3.07 bits per heavy atom. The summed E-state index contributed by atoms with van der Waals surface area (Å²) in [4.78, 5) is 15.9. The normalized spacial score (nSPS) is 14.0. The Hall–Kier alpha value is -0.540. The topological polar surface area (TPSA) is 20.3 Å². The number of hydrogen-bond acceptors (Lipinski definition) is 2. The fraction of sp³-hybridized carbons (Fsp3) is 0.545. The Morgan fingerprint density at radius 2 is 2.40 bits per heavy atom. The van der Waals surface area contributed by atoms with Crippen molar-refractivity contribution in [3.8, 4) is 0 Å². The van der Waals surface area contributed by atoms with Crippen LogP contribution in [-0.2, 0) is 12.8 Å². The first-order valence-electron chi connectivity index (χ1n) is 5.15. The first-order valence-corrected chi connectivity index (χ1v) is 6.50. The molecule has 0 N–H and O–H groups in total. The van der Waals surface area contributed by atoms with Crippen molar-refractivity contribution in [3.63, 3.8) is 0 Å². The van der Waals surface area contributed by atoms with Crippen LogP contribution < -0.4 is 0 Å². The van der Waals surface area contributed by atoms with E-state index < -0.39 is 0 Å². The standard InChI is InChI=1S/C11H14ClNOS/c1-13(6-5-12)11(14)10-7-8-3-2-4-9(8)15-10/h7H,2-6H2,1H3. The number of alkyl halides is 1. The van der Waals surface area contributed by atoms with E-state index in [2.05, 4.69) is 6.07 Å². The van der Waals surface area contributed by atoms with Gasteiger partial charge in [0, 0.05) is 24.3 Å². The zero-order valence-corrected chi connectivity index (χ0v) is 10.3. The molecule has 0 aliphatic heterocycles. The summed E-state index contributed by atoms with van der Waals surface area (Å²) in [7, 11) is 1.80. The molecule has 0 saturated heterocycles. The summed E-state index contributed by atoms with van der Waals surface area (Å²) in [6.07, 6.45) is 3.53. The van der Waals surface area contributed by atoms with E-state index in [4.69, 9.17) is 11.6 Å². The molecule has 1 amide bonds. The molecule has 15 heavy (non-hydrogen) atoms. The van der Waals surface area contributed by atoms with Crippen LogP contribution in [0.4, 0.5) is 0 Å². The molecule has 0 spiro atoms. The van der Waals surface area contributed by atoms with E-state index in [1.165, 1.54) is 16.9 Å². The molecular formula is C11H14ClNOS. The zero-order valence-electron chi connectivity index (χ0n) is 8.75. The minimum absolute atomic E-state index is 0.107. The van der Waals surface area contributed by atoms with Crippen LogP contribution in [0, 0.1) is 0 Å². The average Bonchev–Trinajstić information content (AvgIpc) is 2.75. The lowest BCUT2D eigenvalue weighted by atomic mass is 10.2. The predicted octanol–water partition coefficient (Wildman–Crippen LogP) is 2.55. The lowest BCUT2D eigenvalue weighted by Gasteiger charge is -2.13. The summed E-state index contributed by atoms with van der Waals surface area (Å²) >= 11 is 7.26. The van der Waals surface area contributed by atoms with Crippen LogP contribution in [0.2, 0.25) is 0 Å². The van der Waals surface area contributed by atoms with Crippen molar-refractivity contribution in [2.24, 2.45) is 0 Å². The third kappa shape index (κ3) is 2.18. The first kappa shape index (κ1) is 11.0. The molecule has 1 aliphatic carbocycles. The van der Waals surface area contributed by atoms with Crippen molar-refractivity contribution >= 4 is 28.8 Å². The largest absolute Gasteiger partial charge is 0.340 e. The van der Waals surface area contributed by atoms with Crippen molar-refractivity contribution in [1.29, 1.82) is 0 Å². The Balaban J connectivity index is 2.12. The minimum Gasteiger partial charge on any atom is -0.340 e. The molecular weight excluding hydrogens is 230 g/mol. The highest BCUT2D eigenvalue weighted by Crippen LogP contribution is 2.31. The number of hydrogen-bond donors (Lipinski definition) is 0. The molecule has 1 aromatic heterocycles. The number of rotatable bonds is 3. The van der Waals surface area contributed by atoms with Gasteiger partial charge in [0.25, 0.3) is 5.91 Å². The number of fused-ring (bicyclic) bond motifs is 1. The van der Waals surface area contributed by atoms with E-state index in [9.17, 15) is 4.79 Å². The Kier molecular flexibility index (Phi) is 3.32. The van der Waals surface area contributed by atoms with Crippen LogP contribution >= 0.6 is 22.9 Å². The van der Waals surface area contributed by atoms with Gasteiger partial charge in [-0.2, -0.15) is 0 Å². The number of aryl methyl sites for hydroxylation is 2. The van der Waals surface area contributed by atoms with Crippen LogP contribution in [0.3, 0.4) is 0 Å². The molecule has 1 aromatic rings. The van der Waals surface area contributed by atoms with Gasteiger partial charge in [0.15, 0.2) is 0 Å². The third-order valence-corrected chi connectivity index (χ3v) is 4.12. The molecule has 0 fully saturated rings. The number of halogens is 1. The maximum atomic E-state index is 11.9. The summed E-state index contributed by atoms with van der Waals surface area (Å²) in [5, 5.41) is 0. The van der Waals surface area contributed by atoms with Gasteiger partial charge in [-0.25, -0.2) is 0 Å². The second-order valence-corrected chi connectivity index (χ2v) is 5.34. The molecule has 1 aliphatic rings. The predicted molar refractivity (Wildman–Crippen MR) is 64.0 cm³/mol. The van der Waals surface area contributed by atoms with Crippen molar-refractivity contribution in [1.82, 2.24) is 4.90 Å². The molecule has 0 aromatic carbocycles. The van der Waals surface area contributed by atoms with E-state index in [1.807, 2.05) is 0 Å². The van der Waals surface area contributed by atoms with Gasteiger partial charge in [0.2, 0.25) is 0 Å². The van der Waals surface area contributed by atoms with Gasteiger partial charge in [-0.1, -0.05) is 0 Å². The SMILES string of the molecule is CN(CCCl)C(=O)c1cc2c(s1)CCC2. The third-order valence-electron chi connectivity index (χ3n) is 2.72. The molecule has 2 nitrogen and oxygen atoms in total. The molecule has 0 saturated carbocycles. The van der Waals surface area contributed by atoms with Crippen molar-refractivity contribution in [2.75, 3.05) is 19.5 Å². The molecule has 0 unspecified atom stereocenters. The number of nitrogens with zero attached hydrogens (tertiary/aromatic N) is 1. The molecule has 2 rings (SSSR count). The van der Waals surface area contributed by atoms with Gasteiger partial charge in [-0.3, -0.25) is 4.79 Å². The van der Waals surface area contributed by atoms with Gasteiger partial charge in [-0.05, 0) is 30.9 Å². The molecule has 0 bridgehead atoms. The Labute approximate surface area is 98.8 Å². The number of carbonyl (C=O) groups excluding carboxylic acids is 1. The lowest BCUT2D eigenvalue weighted by Crippen LogP contribution is -2.27. The van der Waals surface area contributed by atoms with Gasteiger partial charge in [0.05, 0.1) is 4.88 Å². The van der Waals surface area contributed by atoms with Crippen LogP contribution in [0.25, 0.3) is 0 Å². The van der Waals surface area contributed by atoms with Crippen LogP contribution in [0.5, 0.6) is 0 Å². The van der Waals surface area contributed by atoms with Gasteiger partial charge >= 0.3 is 0 Å². The molecule has 1 heterocycles. The van der Waals surface area contributed by atoms with Crippen molar-refractivity contribution < 1.29 is 4.79 Å². The summed E-state index contributed by atoms with van der Waals surface area (Å²) in [5.41, 5.74) is 1.38. The Bertz CT molecular complexity index is 353. The molecule has 0 atom stereocenters. The highest BCUT2D eigenvalue weighted by atomic mass is 35.5. The average molecular weight is 244 g/mol. The molecule has 0 radical (unpaired) electrons. The van der Waals surface area contributed by atoms with Crippen LogP contribution in [-0.4, -0.2) is 30.3 Å². The zero-order chi connectivity index (χ0) is 10.8. The second-order valence-electron chi connectivity index (χ2n) is 3.83.